The van der Waals surface area contributed by atoms with Crippen LogP contribution in [0.5, 0.6) is 17.5 Å². The van der Waals surface area contributed by atoms with Gasteiger partial charge in [0.15, 0.2) is 5.71 Å². The first-order valence-corrected chi connectivity index (χ1v) is 23.9. The summed E-state index contributed by atoms with van der Waals surface area (Å²) in [6.45, 7) is 13.6. The Kier molecular flexibility index (Phi) is 14.9. The standard InChI is InChI=1S/C53H59N3O10S/c1-37-36-52(2,3)55(28-29-64-31-30-63-6)45-35-47-42(34-41(37)45)39(32-46(65-47)38-18-13-10-14-19-38)20-12-8-7-9-15-21-48-53(4,5)43-33-40(67(60,61)62)23-24-44(43)54(48)27-17-11-16-22-51(59)66-56-49(57)25-26-50(56)58/h7-10,12-15,18-21,23-26,32-36H,11,16-17,22,27-31H2,1-6H3,(H2-,57,58,60,61,62)/p+1. The summed E-state index contributed by atoms with van der Waals surface area (Å²) in [5.41, 5.74) is 8.09. The van der Waals surface area contributed by atoms with Crippen LogP contribution in [0, 0.1) is 0 Å². The minimum Gasteiger partial charge on any atom is -0.492 e. The number of aromatic nitrogens is 1. The molecule has 7 rings (SSSR count). The molecule has 0 fully saturated rings. The third kappa shape index (κ3) is 11.1. The van der Waals surface area contributed by atoms with Gasteiger partial charge in [0.2, 0.25) is 17.4 Å². The van der Waals surface area contributed by atoms with Gasteiger partial charge in [0.25, 0.3) is 10.1 Å². The molecule has 4 aromatic rings. The summed E-state index contributed by atoms with van der Waals surface area (Å²) in [6.07, 6.45) is 20.3. The molecule has 14 heteroatoms. The molecule has 352 valence electrons. The molecule has 0 aliphatic carbocycles. The molecule has 3 aromatic carbocycles. The quantitative estimate of drug-likeness (QED) is 0.0356. The Balaban J connectivity index is 1.11. The topological polar surface area (TPSA) is 160 Å². The molecule has 0 atom stereocenters. The van der Waals surface area contributed by atoms with E-state index < -0.39 is 21.5 Å². The van der Waals surface area contributed by atoms with Gasteiger partial charge in [-0.3, -0.25) is 4.55 Å². The highest BCUT2D eigenvalue weighted by atomic mass is 32.2. The van der Waals surface area contributed by atoms with Crippen LogP contribution in [0.4, 0.5) is 11.4 Å². The van der Waals surface area contributed by atoms with Gasteiger partial charge in [-0.25, -0.2) is 4.79 Å². The van der Waals surface area contributed by atoms with Crippen LogP contribution in [0.3, 0.4) is 0 Å². The summed E-state index contributed by atoms with van der Waals surface area (Å²) in [7, 11) is -2.75. The third-order valence-electron chi connectivity index (χ3n) is 12.2. The molecular weight excluding hydrogens is 871 g/mol. The second-order valence-electron chi connectivity index (χ2n) is 17.8. The summed E-state index contributed by atoms with van der Waals surface area (Å²) in [5.74, 6) is 0.176. The number of allylic oxidation sites excluding steroid dienone is 10. The minimum atomic E-state index is -4.43. The van der Waals surface area contributed by atoms with Gasteiger partial charge in [0, 0.05) is 84.8 Å². The highest BCUT2D eigenvalue weighted by Crippen LogP contribution is 2.47. The fraction of sp³-hybridized carbons (Fsp3) is 0.321. The lowest BCUT2D eigenvalue weighted by molar-refractivity contribution is -0.438. The SMILES string of the molecule is COCCOCCN1c2cc3c(cc2C(C)=CC1(C)C)C(=CC=CC=CC=CC1=[N+](CCCCCC(=O)On2c(O)ccc2O)c2ccc(S(=O)(=O)O)cc2C1(C)C)C=C(c1ccccc1)O3. The monoisotopic (exact) mass is 930 g/mol. The molecule has 3 N–H and O–H groups in total. The lowest BCUT2D eigenvalue weighted by Gasteiger charge is -2.44. The van der Waals surface area contributed by atoms with Gasteiger partial charge >= 0.3 is 5.97 Å². The molecule has 0 saturated heterocycles. The zero-order valence-electron chi connectivity index (χ0n) is 38.9. The molecule has 0 spiro atoms. The second-order valence-corrected chi connectivity index (χ2v) is 19.2. The van der Waals surface area contributed by atoms with Gasteiger partial charge in [-0.2, -0.15) is 13.0 Å². The molecule has 0 bridgehead atoms. The van der Waals surface area contributed by atoms with Crippen molar-refractivity contribution >= 4 is 50.1 Å². The van der Waals surface area contributed by atoms with Crippen molar-refractivity contribution in [2.24, 2.45) is 0 Å². The molecule has 3 aliphatic heterocycles. The number of hydrogen-bond donors (Lipinski definition) is 3. The number of aromatic hydroxyl groups is 2. The van der Waals surface area contributed by atoms with Gasteiger partial charge in [0.1, 0.15) is 18.1 Å². The number of nitrogens with zero attached hydrogens (tertiary/aromatic N) is 3. The first-order valence-electron chi connectivity index (χ1n) is 22.5. The fourth-order valence-electron chi connectivity index (χ4n) is 8.89. The van der Waals surface area contributed by atoms with Crippen molar-refractivity contribution < 1.29 is 51.6 Å². The second kappa shape index (κ2) is 20.6. The molecule has 0 radical (unpaired) electrons. The van der Waals surface area contributed by atoms with Crippen molar-refractivity contribution in [1.29, 1.82) is 0 Å². The van der Waals surface area contributed by atoms with Crippen molar-refractivity contribution in [2.45, 2.75) is 76.2 Å². The zero-order valence-corrected chi connectivity index (χ0v) is 39.8. The number of hydrogen-bond acceptors (Lipinski definition) is 10. The van der Waals surface area contributed by atoms with Crippen LogP contribution < -0.4 is 14.5 Å². The largest absolute Gasteiger partial charge is 0.492 e. The van der Waals surface area contributed by atoms with Crippen LogP contribution in [-0.4, -0.2) is 89.7 Å². The van der Waals surface area contributed by atoms with Crippen LogP contribution in [-0.2, 0) is 29.8 Å². The number of ether oxygens (including phenoxy) is 3. The Hall–Kier alpha value is -6.45. The van der Waals surface area contributed by atoms with Crippen LogP contribution in [0.25, 0.3) is 16.9 Å². The molecule has 67 heavy (non-hydrogen) atoms. The van der Waals surface area contributed by atoms with E-state index in [1.54, 1.807) is 13.2 Å². The smallest absolute Gasteiger partial charge is 0.333 e. The van der Waals surface area contributed by atoms with E-state index in [-0.39, 0.29) is 28.6 Å². The summed E-state index contributed by atoms with van der Waals surface area (Å²) < 4.78 is 54.8. The average Bonchev–Trinajstić information content (AvgIpc) is 3.71. The van der Waals surface area contributed by atoms with Crippen molar-refractivity contribution in [1.82, 2.24) is 4.73 Å². The van der Waals surface area contributed by atoms with Crippen molar-refractivity contribution in [3.05, 3.63) is 150 Å². The summed E-state index contributed by atoms with van der Waals surface area (Å²) in [6, 6.07) is 21.6. The number of rotatable bonds is 19. The minimum absolute atomic E-state index is 0.0792. The number of fused-ring (bicyclic) bond motifs is 3. The summed E-state index contributed by atoms with van der Waals surface area (Å²) in [5, 5.41) is 19.6. The summed E-state index contributed by atoms with van der Waals surface area (Å²) >= 11 is 0. The van der Waals surface area contributed by atoms with Crippen LogP contribution in [0.2, 0.25) is 0 Å². The maximum atomic E-state index is 12.4. The van der Waals surface area contributed by atoms with Crippen LogP contribution in [0.1, 0.15) is 82.6 Å². The molecule has 4 heterocycles. The normalized spacial score (nSPS) is 16.9. The summed E-state index contributed by atoms with van der Waals surface area (Å²) in [4.78, 5) is 19.7. The van der Waals surface area contributed by atoms with E-state index >= 15 is 0 Å². The lowest BCUT2D eigenvalue weighted by Crippen LogP contribution is -2.46. The van der Waals surface area contributed by atoms with Gasteiger partial charge in [-0.1, -0.05) is 72.9 Å². The fourth-order valence-corrected chi connectivity index (χ4v) is 9.39. The average molecular weight is 931 g/mol. The molecule has 3 aliphatic rings. The lowest BCUT2D eigenvalue weighted by atomic mass is 9.81. The molecule has 1 aromatic heterocycles. The van der Waals surface area contributed by atoms with E-state index in [1.165, 1.54) is 29.8 Å². The van der Waals surface area contributed by atoms with Crippen LogP contribution >= 0.6 is 0 Å². The van der Waals surface area contributed by atoms with E-state index in [9.17, 15) is 28.0 Å². The number of carbonyl (C=O) groups is 1. The van der Waals surface area contributed by atoms with E-state index in [1.807, 2.05) is 80.6 Å². The van der Waals surface area contributed by atoms with Crippen LogP contribution in [0.15, 0.2) is 132 Å². The number of unbranched alkanes of at least 4 members (excludes halogenated alkanes) is 2. The van der Waals surface area contributed by atoms with Gasteiger partial charge < -0.3 is 34.2 Å². The molecule has 0 saturated carbocycles. The number of carbonyl (C=O) groups excluding carboxylic acids is 1. The maximum absolute atomic E-state index is 12.4. The van der Waals surface area contributed by atoms with Gasteiger partial charge in [-0.05, 0) is 82.9 Å². The van der Waals surface area contributed by atoms with Gasteiger partial charge in [-0.15, -0.1) is 4.73 Å². The van der Waals surface area contributed by atoms with E-state index in [0.29, 0.717) is 56.9 Å². The van der Waals surface area contributed by atoms with Crippen molar-refractivity contribution in [3.8, 4) is 17.5 Å². The molecular formula is C53H60N3O10S+. The predicted octanol–water partition coefficient (Wildman–Crippen LogP) is 9.59. The number of anilines is 1. The number of benzene rings is 3. The van der Waals surface area contributed by atoms with E-state index in [2.05, 4.69) is 60.6 Å². The predicted molar refractivity (Wildman–Crippen MR) is 262 cm³/mol. The Labute approximate surface area is 393 Å². The first kappa shape index (κ1) is 48.5. The van der Waals surface area contributed by atoms with Crippen molar-refractivity contribution in [2.75, 3.05) is 44.9 Å². The maximum Gasteiger partial charge on any atom is 0.333 e. The van der Waals surface area contributed by atoms with Crippen molar-refractivity contribution in [3.63, 3.8) is 0 Å². The third-order valence-corrected chi connectivity index (χ3v) is 13.1. The Morgan fingerprint density at radius 2 is 1.58 bits per heavy atom. The van der Waals surface area contributed by atoms with Gasteiger partial charge in [0.05, 0.1) is 35.7 Å². The Morgan fingerprint density at radius 3 is 2.31 bits per heavy atom. The Morgan fingerprint density at radius 1 is 0.851 bits per heavy atom. The highest BCUT2D eigenvalue weighted by molar-refractivity contribution is 7.85. The highest BCUT2D eigenvalue weighted by Gasteiger charge is 2.45. The Bertz CT molecular complexity index is 2810. The molecule has 0 amide bonds. The molecule has 13 nitrogen and oxygen atoms in total. The first-order chi connectivity index (χ1) is 32.0. The van der Waals surface area contributed by atoms with E-state index in [0.717, 1.165) is 56.4 Å². The number of methoxy groups -OCH3 is 1. The van der Waals surface area contributed by atoms with E-state index in [4.69, 9.17) is 19.0 Å². The molecule has 0 unspecified atom stereocenters. The zero-order chi connectivity index (χ0) is 47.9.